The van der Waals surface area contributed by atoms with Gasteiger partial charge in [-0.15, -0.1) is 0 Å². The van der Waals surface area contributed by atoms with Crippen LogP contribution in [0, 0.1) is 0 Å². The van der Waals surface area contributed by atoms with Gasteiger partial charge in [-0.3, -0.25) is 9.59 Å². The van der Waals surface area contributed by atoms with Crippen LogP contribution in [0.3, 0.4) is 0 Å². The van der Waals surface area contributed by atoms with Crippen LogP contribution < -0.4 is 10.2 Å². The highest BCUT2D eigenvalue weighted by molar-refractivity contribution is 6.52. The SMILES string of the molecule is CCCOC(=O)c1ccccc1N1C(=O)C(Cl)=C(NC(C)c2ccccc2)C1=O. The molecule has 0 aliphatic carbocycles. The number of hydrogen-bond acceptors (Lipinski definition) is 5. The van der Waals surface area contributed by atoms with Gasteiger partial charge in [-0.2, -0.15) is 0 Å². The second kappa shape index (κ2) is 8.92. The summed E-state index contributed by atoms with van der Waals surface area (Å²) in [6.07, 6.45) is 0.661. The van der Waals surface area contributed by atoms with Crippen LogP contribution in [0.25, 0.3) is 0 Å². The highest BCUT2D eigenvalue weighted by atomic mass is 35.5. The fraction of sp³-hybridized carbons (Fsp3) is 0.227. The minimum atomic E-state index is -0.685. The Kier molecular flexibility index (Phi) is 6.34. The highest BCUT2D eigenvalue weighted by Gasteiger charge is 2.40. The van der Waals surface area contributed by atoms with Crippen molar-refractivity contribution in [1.29, 1.82) is 0 Å². The van der Waals surface area contributed by atoms with E-state index in [1.54, 1.807) is 12.1 Å². The smallest absolute Gasteiger partial charge is 0.340 e. The molecule has 1 N–H and O–H groups in total. The molecule has 0 saturated heterocycles. The summed E-state index contributed by atoms with van der Waals surface area (Å²) >= 11 is 6.20. The molecule has 0 fully saturated rings. The van der Waals surface area contributed by atoms with E-state index in [1.165, 1.54) is 12.1 Å². The number of nitrogens with zero attached hydrogens (tertiary/aromatic N) is 1. The standard InChI is InChI=1S/C22H21ClN2O4/c1-3-13-29-22(28)16-11-7-8-12-17(16)25-20(26)18(23)19(21(25)27)24-14(2)15-9-5-4-6-10-15/h4-12,14,24H,3,13H2,1-2H3. The predicted octanol–water partition coefficient (Wildman–Crippen LogP) is 3.93. The number of rotatable bonds is 7. The van der Waals surface area contributed by atoms with Crippen molar-refractivity contribution >= 4 is 35.1 Å². The molecule has 1 aliphatic rings. The Morgan fingerprint density at radius 3 is 2.41 bits per heavy atom. The van der Waals surface area contributed by atoms with Crippen LogP contribution in [-0.2, 0) is 14.3 Å². The summed E-state index contributed by atoms with van der Waals surface area (Å²) in [5.74, 6) is -1.90. The van der Waals surface area contributed by atoms with Gasteiger partial charge in [-0.25, -0.2) is 9.69 Å². The van der Waals surface area contributed by atoms with Crippen LogP contribution >= 0.6 is 11.6 Å². The second-order valence-electron chi connectivity index (χ2n) is 6.56. The zero-order chi connectivity index (χ0) is 21.0. The summed E-state index contributed by atoms with van der Waals surface area (Å²) in [5.41, 5.74) is 1.21. The van der Waals surface area contributed by atoms with Gasteiger partial charge in [0, 0.05) is 6.04 Å². The number of carbonyl (C=O) groups excluding carboxylic acids is 3. The Labute approximate surface area is 174 Å². The molecule has 0 aromatic heterocycles. The van der Waals surface area contributed by atoms with Crippen molar-refractivity contribution in [3.63, 3.8) is 0 Å². The molecule has 150 valence electrons. The third-order valence-corrected chi connectivity index (χ3v) is 4.84. The third-order valence-electron chi connectivity index (χ3n) is 4.49. The summed E-state index contributed by atoms with van der Waals surface area (Å²) in [7, 11) is 0. The van der Waals surface area contributed by atoms with E-state index in [9.17, 15) is 14.4 Å². The van der Waals surface area contributed by atoms with Crippen LogP contribution in [-0.4, -0.2) is 24.4 Å². The maximum Gasteiger partial charge on any atom is 0.340 e. The van der Waals surface area contributed by atoms with Crippen molar-refractivity contribution < 1.29 is 19.1 Å². The van der Waals surface area contributed by atoms with Crippen LogP contribution in [0.1, 0.15) is 42.2 Å². The average Bonchev–Trinajstić information content (AvgIpc) is 2.95. The lowest BCUT2D eigenvalue weighted by Crippen LogP contribution is -2.35. The van der Waals surface area contributed by atoms with E-state index in [2.05, 4.69) is 5.32 Å². The van der Waals surface area contributed by atoms with Gasteiger partial charge in [0.2, 0.25) is 0 Å². The van der Waals surface area contributed by atoms with Gasteiger partial charge in [0.1, 0.15) is 10.7 Å². The molecule has 7 heteroatoms. The molecule has 0 radical (unpaired) electrons. The van der Waals surface area contributed by atoms with Crippen LogP contribution in [0.2, 0.25) is 0 Å². The third kappa shape index (κ3) is 4.17. The Bertz CT molecular complexity index is 972. The minimum absolute atomic E-state index is 0.00440. The summed E-state index contributed by atoms with van der Waals surface area (Å²) < 4.78 is 5.17. The Hall–Kier alpha value is -3.12. The number of esters is 1. The molecular formula is C22H21ClN2O4. The van der Waals surface area contributed by atoms with E-state index in [-0.39, 0.29) is 34.6 Å². The molecule has 1 atom stereocenters. The quantitative estimate of drug-likeness (QED) is 0.551. The van der Waals surface area contributed by atoms with Gasteiger partial charge in [0.25, 0.3) is 11.8 Å². The van der Waals surface area contributed by atoms with Crippen molar-refractivity contribution in [2.24, 2.45) is 0 Å². The molecule has 0 bridgehead atoms. The largest absolute Gasteiger partial charge is 0.462 e. The fourth-order valence-electron chi connectivity index (χ4n) is 3.00. The van der Waals surface area contributed by atoms with E-state index >= 15 is 0 Å². The second-order valence-corrected chi connectivity index (χ2v) is 6.94. The van der Waals surface area contributed by atoms with Gasteiger partial charge in [0.15, 0.2) is 0 Å². The van der Waals surface area contributed by atoms with E-state index < -0.39 is 17.8 Å². The van der Waals surface area contributed by atoms with Crippen molar-refractivity contribution in [2.45, 2.75) is 26.3 Å². The van der Waals surface area contributed by atoms with Crippen molar-refractivity contribution in [3.8, 4) is 0 Å². The molecule has 2 amide bonds. The number of hydrogen-bond donors (Lipinski definition) is 1. The van der Waals surface area contributed by atoms with E-state index in [1.807, 2.05) is 44.2 Å². The monoisotopic (exact) mass is 412 g/mol. The number of ether oxygens (including phenoxy) is 1. The number of amides is 2. The number of nitrogens with one attached hydrogen (secondary N) is 1. The maximum absolute atomic E-state index is 13.0. The molecule has 0 saturated carbocycles. The van der Waals surface area contributed by atoms with E-state index in [0.29, 0.717) is 6.42 Å². The lowest BCUT2D eigenvalue weighted by atomic mass is 10.1. The topological polar surface area (TPSA) is 75.7 Å². The molecule has 3 rings (SSSR count). The molecule has 6 nitrogen and oxygen atoms in total. The summed E-state index contributed by atoms with van der Waals surface area (Å²) in [5, 5.41) is 2.81. The first-order valence-electron chi connectivity index (χ1n) is 9.31. The first-order chi connectivity index (χ1) is 14.0. The molecule has 1 aliphatic heterocycles. The Balaban J connectivity index is 1.88. The maximum atomic E-state index is 13.0. The molecule has 0 spiro atoms. The first kappa shape index (κ1) is 20.6. The normalized spacial score (nSPS) is 14.9. The number of halogens is 1. The molecule has 1 heterocycles. The summed E-state index contributed by atoms with van der Waals surface area (Å²) in [4.78, 5) is 39.1. The van der Waals surface area contributed by atoms with Gasteiger partial charge < -0.3 is 10.1 Å². The number of para-hydroxylation sites is 1. The van der Waals surface area contributed by atoms with Crippen LogP contribution in [0.5, 0.6) is 0 Å². The van der Waals surface area contributed by atoms with Crippen molar-refractivity contribution in [3.05, 3.63) is 76.5 Å². The Morgan fingerprint density at radius 1 is 1.07 bits per heavy atom. The molecule has 29 heavy (non-hydrogen) atoms. The number of imide groups is 1. The first-order valence-corrected chi connectivity index (χ1v) is 9.69. The van der Waals surface area contributed by atoms with Gasteiger partial charge in [-0.1, -0.05) is 61.0 Å². The zero-order valence-electron chi connectivity index (χ0n) is 16.1. The Morgan fingerprint density at radius 2 is 1.72 bits per heavy atom. The van der Waals surface area contributed by atoms with Crippen LogP contribution in [0.15, 0.2) is 65.3 Å². The fourth-order valence-corrected chi connectivity index (χ4v) is 3.22. The average molecular weight is 413 g/mol. The zero-order valence-corrected chi connectivity index (χ0v) is 16.9. The number of carbonyl (C=O) groups is 3. The number of benzene rings is 2. The predicted molar refractivity (Wildman–Crippen MR) is 110 cm³/mol. The van der Waals surface area contributed by atoms with Gasteiger partial charge >= 0.3 is 5.97 Å². The summed E-state index contributed by atoms with van der Waals surface area (Å²) in [6.45, 7) is 3.99. The van der Waals surface area contributed by atoms with E-state index in [4.69, 9.17) is 16.3 Å². The lowest BCUT2D eigenvalue weighted by molar-refractivity contribution is -0.120. The highest BCUT2D eigenvalue weighted by Crippen LogP contribution is 2.32. The molecule has 2 aromatic carbocycles. The molecule has 2 aromatic rings. The summed E-state index contributed by atoms with van der Waals surface area (Å²) in [6, 6.07) is 15.5. The molecule has 1 unspecified atom stereocenters. The number of anilines is 1. The lowest BCUT2D eigenvalue weighted by Gasteiger charge is -2.19. The van der Waals surface area contributed by atoms with Crippen LogP contribution in [0.4, 0.5) is 5.69 Å². The van der Waals surface area contributed by atoms with Crippen molar-refractivity contribution in [1.82, 2.24) is 5.32 Å². The van der Waals surface area contributed by atoms with Gasteiger partial charge in [-0.05, 0) is 31.0 Å². The van der Waals surface area contributed by atoms with Gasteiger partial charge in [0.05, 0.1) is 17.9 Å². The van der Waals surface area contributed by atoms with E-state index in [0.717, 1.165) is 10.5 Å². The molecular weight excluding hydrogens is 392 g/mol. The minimum Gasteiger partial charge on any atom is -0.462 e. The van der Waals surface area contributed by atoms with Crippen molar-refractivity contribution in [2.75, 3.05) is 11.5 Å².